The smallest absolute Gasteiger partial charge is 0.330 e. The zero-order valence-corrected chi connectivity index (χ0v) is 16.3. The highest BCUT2D eigenvalue weighted by Crippen LogP contribution is 2.13. The van der Waals surface area contributed by atoms with E-state index < -0.39 is 0 Å². The van der Waals surface area contributed by atoms with Crippen LogP contribution in [0.5, 0.6) is 0 Å². The molecule has 0 saturated heterocycles. The molecule has 26 heavy (non-hydrogen) atoms. The van der Waals surface area contributed by atoms with E-state index in [9.17, 15) is 4.79 Å². The van der Waals surface area contributed by atoms with Crippen molar-refractivity contribution in [1.82, 2.24) is 19.6 Å². The number of esters is 1. The summed E-state index contributed by atoms with van der Waals surface area (Å²) in [6.07, 6.45) is 14.3. The van der Waals surface area contributed by atoms with Crippen LogP contribution in [-0.2, 0) is 9.53 Å². The van der Waals surface area contributed by atoms with Crippen LogP contribution in [0.3, 0.4) is 0 Å². The number of carbonyl (C=O) groups is 1. The monoisotopic (exact) mass is 362 g/mol. The largest absolute Gasteiger partial charge is 0.455 e. The van der Waals surface area contributed by atoms with E-state index >= 15 is 0 Å². The Bertz CT molecular complexity index is 472. The fourth-order valence-electron chi connectivity index (χ4n) is 3.15. The number of nitrogens with zero attached hydrogens (tertiary/aromatic N) is 4. The molecule has 0 spiro atoms. The van der Waals surface area contributed by atoms with Crippen molar-refractivity contribution in [2.45, 2.75) is 45.6 Å². The fourth-order valence-corrected chi connectivity index (χ4v) is 3.15. The molecule has 146 valence electrons. The van der Waals surface area contributed by atoms with Gasteiger partial charge in [-0.25, -0.2) is 4.79 Å². The van der Waals surface area contributed by atoms with E-state index in [4.69, 9.17) is 4.74 Å². The first-order chi connectivity index (χ1) is 12.6. The van der Waals surface area contributed by atoms with E-state index in [1.807, 2.05) is 0 Å². The lowest BCUT2D eigenvalue weighted by atomic mass is 10.3. The van der Waals surface area contributed by atoms with Crippen LogP contribution in [0.1, 0.15) is 39.5 Å². The Kier molecular flexibility index (Phi) is 8.38. The van der Waals surface area contributed by atoms with Crippen molar-refractivity contribution < 1.29 is 9.53 Å². The van der Waals surface area contributed by atoms with Crippen molar-refractivity contribution in [2.24, 2.45) is 0 Å². The molecule has 2 aliphatic heterocycles. The van der Waals surface area contributed by atoms with Gasteiger partial charge in [0.25, 0.3) is 0 Å². The maximum atomic E-state index is 11.7. The first-order valence-corrected chi connectivity index (χ1v) is 9.80. The summed E-state index contributed by atoms with van der Waals surface area (Å²) >= 11 is 0. The van der Waals surface area contributed by atoms with Crippen LogP contribution in [0.4, 0.5) is 0 Å². The van der Waals surface area contributed by atoms with Crippen molar-refractivity contribution in [3.8, 4) is 0 Å². The van der Waals surface area contributed by atoms with Gasteiger partial charge in [-0.1, -0.05) is 33.3 Å². The highest BCUT2D eigenvalue weighted by molar-refractivity contribution is 5.81. The van der Waals surface area contributed by atoms with Gasteiger partial charge in [0, 0.05) is 44.0 Å². The summed E-state index contributed by atoms with van der Waals surface area (Å²) in [6.45, 7) is 13.2. The zero-order valence-electron chi connectivity index (χ0n) is 16.3. The van der Waals surface area contributed by atoms with Crippen LogP contribution in [-0.4, -0.2) is 71.2 Å². The van der Waals surface area contributed by atoms with Gasteiger partial charge in [0.2, 0.25) is 0 Å². The van der Waals surface area contributed by atoms with Gasteiger partial charge in [-0.15, -0.1) is 0 Å². The van der Waals surface area contributed by atoms with Gasteiger partial charge < -0.3 is 24.3 Å². The van der Waals surface area contributed by atoms with Crippen LogP contribution in [0.25, 0.3) is 0 Å². The standard InChI is InChI=1S/C20H34N4O2/c1-4-7-9-21-11-13-23(17-21)15-19(26-20(25)6-3)16-24-14-12-22(18-24)10-8-5-2/h6,11-14,19H,3-5,7-10,15-18H2,1-2H3. The van der Waals surface area contributed by atoms with Gasteiger partial charge in [-0.2, -0.15) is 0 Å². The third-order valence-corrected chi connectivity index (χ3v) is 4.63. The van der Waals surface area contributed by atoms with E-state index in [2.05, 4.69) is 64.8 Å². The van der Waals surface area contributed by atoms with E-state index in [-0.39, 0.29) is 12.1 Å². The molecular weight excluding hydrogens is 328 g/mol. The average molecular weight is 363 g/mol. The first-order valence-electron chi connectivity index (χ1n) is 9.80. The van der Waals surface area contributed by atoms with Gasteiger partial charge in [0.1, 0.15) is 6.10 Å². The summed E-state index contributed by atoms with van der Waals surface area (Å²) < 4.78 is 5.61. The minimum Gasteiger partial charge on any atom is -0.455 e. The molecule has 0 unspecified atom stereocenters. The Balaban J connectivity index is 1.83. The number of hydrogen-bond acceptors (Lipinski definition) is 6. The van der Waals surface area contributed by atoms with E-state index in [0.29, 0.717) is 13.1 Å². The highest BCUT2D eigenvalue weighted by Gasteiger charge is 2.23. The van der Waals surface area contributed by atoms with Crippen molar-refractivity contribution in [2.75, 3.05) is 39.5 Å². The van der Waals surface area contributed by atoms with Crippen LogP contribution < -0.4 is 0 Å². The van der Waals surface area contributed by atoms with Gasteiger partial charge >= 0.3 is 5.97 Å². The second-order valence-electron chi connectivity index (χ2n) is 7.02. The average Bonchev–Trinajstić information content (AvgIpc) is 3.27. The maximum absolute atomic E-state index is 11.7. The lowest BCUT2D eigenvalue weighted by Gasteiger charge is -2.29. The predicted molar refractivity (Wildman–Crippen MR) is 105 cm³/mol. The molecule has 0 aromatic rings. The quantitative estimate of drug-likeness (QED) is 0.393. The highest BCUT2D eigenvalue weighted by atomic mass is 16.5. The van der Waals surface area contributed by atoms with Crippen molar-refractivity contribution >= 4 is 5.97 Å². The molecule has 0 radical (unpaired) electrons. The van der Waals surface area contributed by atoms with E-state index in [1.165, 1.54) is 31.8 Å². The molecule has 0 amide bonds. The number of ether oxygens (including phenoxy) is 1. The maximum Gasteiger partial charge on any atom is 0.330 e. The number of hydrogen-bond donors (Lipinski definition) is 0. The second kappa shape index (κ2) is 10.8. The minimum atomic E-state index is -0.355. The third kappa shape index (κ3) is 6.65. The molecule has 2 heterocycles. The lowest BCUT2D eigenvalue weighted by Crippen LogP contribution is -2.41. The molecule has 0 aromatic carbocycles. The van der Waals surface area contributed by atoms with Gasteiger partial charge in [0.15, 0.2) is 0 Å². The van der Waals surface area contributed by atoms with Crippen molar-refractivity contribution in [1.29, 1.82) is 0 Å². The fraction of sp³-hybridized carbons (Fsp3) is 0.650. The Labute approximate surface area is 158 Å². The molecule has 2 aliphatic rings. The molecule has 0 atom stereocenters. The molecule has 0 bridgehead atoms. The van der Waals surface area contributed by atoms with Crippen LogP contribution in [0, 0.1) is 0 Å². The second-order valence-corrected chi connectivity index (χ2v) is 7.02. The summed E-state index contributed by atoms with van der Waals surface area (Å²) in [7, 11) is 0. The zero-order chi connectivity index (χ0) is 18.8. The molecule has 0 aliphatic carbocycles. The Morgan fingerprint density at radius 3 is 1.85 bits per heavy atom. The number of rotatable bonds is 12. The van der Waals surface area contributed by atoms with Crippen molar-refractivity contribution in [3.63, 3.8) is 0 Å². The summed E-state index contributed by atoms with van der Waals surface area (Å²) in [6, 6.07) is 0. The van der Waals surface area contributed by atoms with Crippen LogP contribution in [0.2, 0.25) is 0 Å². The minimum absolute atomic E-state index is 0.188. The number of unbranched alkanes of at least 4 members (excludes halogenated alkanes) is 2. The first kappa shape index (κ1) is 20.2. The summed E-state index contributed by atoms with van der Waals surface area (Å²) in [5.74, 6) is -0.355. The Hall–Kier alpha value is -2.11. The molecule has 6 heteroatoms. The predicted octanol–water partition coefficient (Wildman–Crippen LogP) is 2.78. The van der Waals surface area contributed by atoms with Gasteiger partial charge in [-0.3, -0.25) is 0 Å². The topological polar surface area (TPSA) is 39.3 Å². The summed E-state index contributed by atoms with van der Waals surface area (Å²) in [5, 5.41) is 0. The lowest BCUT2D eigenvalue weighted by molar-refractivity contribution is -0.144. The van der Waals surface area contributed by atoms with Crippen molar-refractivity contribution in [3.05, 3.63) is 37.5 Å². The van der Waals surface area contributed by atoms with Gasteiger partial charge in [-0.05, 0) is 12.8 Å². The summed E-state index contributed by atoms with van der Waals surface area (Å²) in [5.41, 5.74) is 0. The SMILES string of the molecule is C=CC(=O)OC(CN1C=CN(CCCC)C1)CN1C=CN(CCCC)C1. The molecule has 0 N–H and O–H groups in total. The van der Waals surface area contributed by atoms with Crippen LogP contribution in [0.15, 0.2) is 37.5 Å². The summed E-state index contributed by atoms with van der Waals surface area (Å²) in [4.78, 5) is 20.8. The Morgan fingerprint density at radius 2 is 1.42 bits per heavy atom. The molecular formula is C20H34N4O2. The van der Waals surface area contributed by atoms with E-state index in [1.54, 1.807) is 0 Å². The van der Waals surface area contributed by atoms with Gasteiger partial charge in [0.05, 0.1) is 26.4 Å². The molecule has 0 aromatic heterocycles. The molecule has 0 fully saturated rings. The normalized spacial score (nSPS) is 16.3. The molecule has 2 rings (SSSR count). The Morgan fingerprint density at radius 1 is 0.962 bits per heavy atom. The van der Waals surface area contributed by atoms with Crippen LogP contribution >= 0.6 is 0 Å². The van der Waals surface area contributed by atoms with E-state index in [0.717, 1.165) is 26.4 Å². The molecule has 6 nitrogen and oxygen atoms in total. The number of carbonyl (C=O) groups excluding carboxylic acids is 1. The third-order valence-electron chi connectivity index (χ3n) is 4.63. The molecule has 0 saturated carbocycles.